The summed E-state index contributed by atoms with van der Waals surface area (Å²) in [4.78, 5) is 4.27. The first-order valence-electron chi connectivity index (χ1n) is 5.11. The summed E-state index contributed by atoms with van der Waals surface area (Å²) < 4.78 is 18.3. The molecular weight excluding hydrogens is 207 g/mol. The largest absolute Gasteiger partial charge is 0.448 e. The number of halogens is 1. The van der Waals surface area contributed by atoms with Gasteiger partial charge in [0.2, 0.25) is 0 Å². The Labute approximate surface area is 93.1 Å². The van der Waals surface area contributed by atoms with Crippen molar-refractivity contribution in [3.63, 3.8) is 0 Å². The zero-order valence-electron chi connectivity index (χ0n) is 9.03. The van der Waals surface area contributed by atoms with Gasteiger partial charge < -0.3 is 10.2 Å². The van der Waals surface area contributed by atoms with E-state index >= 15 is 0 Å². The van der Waals surface area contributed by atoms with Crippen LogP contribution in [0.2, 0.25) is 0 Å². The zero-order valence-corrected chi connectivity index (χ0v) is 9.03. The van der Waals surface area contributed by atoms with E-state index in [2.05, 4.69) is 4.98 Å². The van der Waals surface area contributed by atoms with Gasteiger partial charge in [0.1, 0.15) is 17.8 Å². The molecule has 0 spiro atoms. The molecule has 0 bridgehead atoms. The maximum absolute atomic E-state index is 13.1. The van der Waals surface area contributed by atoms with E-state index in [9.17, 15) is 4.39 Å². The monoisotopic (exact) mass is 220 g/mol. The number of hydrogen-bond donors (Lipinski definition) is 1. The van der Waals surface area contributed by atoms with Gasteiger partial charge in [-0.1, -0.05) is 0 Å². The smallest absolute Gasteiger partial charge is 0.195 e. The van der Waals surface area contributed by atoms with Crippen LogP contribution in [0.5, 0.6) is 0 Å². The third-order valence-corrected chi connectivity index (χ3v) is 2.36. The Morgan fingerprint density at radius 3 is 2.94 bits per heavy atom. The predicted octanol–water partition coefficient (Wildman–Crippen LogP) is 2.29. The van der Waals surface area contributed by atoms with Gasteiger partial charge in [0.15, 0.2) is 5.89 Å². The second-order valence-corrected chi connectivity index (χ2v) is 3.63. The molecule has 2 N–H and O–H groups in total. The Balaban J connectivity index is 2.31. The highest BCUT2D eigenvalue weighted by Gasteiger charge is 2.07. The second kappa shape index (κ2) is 4.45. The molecule has 3 nitrogen and oxygen atoms in total. The lowest BCUT2D eigenvalue weighted by Gasteiger charge is -1.99. The molecule has 2 aromatic rings. The molecule has 1 aromatic carbocycles. The fraction of sp³-hybridized carbons (Fsp3) is 0.250. The summed E-state index contributed by atoms with van der Waals surface area (Å²) in [6, 6.07) is 4.87. The summed E-state index contributed by atoms with van der Waals surface area (Å²) >= 11 is 0. The van der Waals surface area contributed by atoms with Crippen LogP contribution in [0.3, 0.4) is 0 Å². The molecule has 0 atom stereocenters. The summed E-state index contributed by atoms with van der Waals surface area (Å²) in [7, 11) is 0. The van der Waals surface area contributed by atoms with E-state index in [1.54, 1.807) is 25.3 Å². The van der Waals surface area contributed by atoms with Crippen LogP contribution in [0.15, 0.2) is 28.9 Å². The average Bonchev–Trinajstić information content (AvgIpc) is 2.71. The van der Waals surface area contributed by atoms with E-state index in [1.165, 1.54) is 6.07 Å². The molecule has 0 amide bonds. The highest BCUT2D eigenvalue weighted by molar-refractivity contribution is 5.58. The van der Waals surface area contributed by atoms with Crippen LogP contribution in [0.25, 0.3) is 11.3 Å². The first kappa shape index (κ1) is 10.8. The van der Waals surface area contributed by atoms with Gasteiger partial charge in [-0.3, -0.25) is 0 Å². The molecule has 0 radical (unpaired) electrons. The number of hydrogen-bond acceptors (Lipinski definition) is 3. The van der Waals surface area contributed by atoms with Gasteiger partial charge in [-0.15, -0.1) is 0 Å². The van der Waals surface area contributed by atoms with Crippen LogP contribution >= 0.6 is 0 Å². The molecule has 84 valence electrons. The minimum atomic E-state index is -0.213. The Morgan fingerprint density at radius 1 is 1.44 bits per heavy atom. The number of nitrogens with zero attached hydrogens (tertiary/aromatic N) is 1. The molecular formula is C12H13FN2O. The standard InChI is InChI=1S/C12H13FN2O/c1-8-6-9(2-3-10(8)13)11-7-16-12(15-11)4-5-14/h2-3,6-7H,4-5,14H2,1H3. The lowest BCUT2D eigenvalue weighted by molar-refractivity contribution is 0.496. The Bertz CT molecular complexity index is 494. The molecule has 4 heteroatoms. The Hall–Kier alpha value is -1.68. The van der Waals surface area contributed by atoms with Gasteiger partial charge in [-0.25, -0.2) is 9.37 Å². The van der Waals surface area contributed by atoms with Crippen molar-refractivity contribution < 1.29 is 8.81 Å². The quantitative estimate of drug-likeness (QED) is 0.863. The van der Waals surface area contributed by atoms with Gasteiger partial charge in [0.25, 0.3) is 0 Å². The Morgan fingerprint density at radius 2 is 2.25 bits per heavy atom. The summed E-state index contributed by atoms with van der Waals surface area (Å²) in [5.74, 6) is 0.397. The van der Waals surface area contributed by atoms with Crippen molar-refractivity contribution in [2.24, 2.45) is 5.73 Å². The number of oxazole rings is 1. The number of rotatable bonds is 3. The maximum atomic E-state index is 13.1. The molecule has 0 aliphatic rings. The van der Waals surface area contributed by atoms with Crippen molar-refractivity contribution in [2.75, 3.05) is 6.54 Å². The second-order valence-electron chi connectivity index (χ2n) is 3.63. The fourth-order valence-corrected chi connectivity index (χ4v) is 1.49. The van der Waals surface area contributed by atoms with Crippen molar-refractivity contribution in [3.05, 3.63) is 41.7 Å². The van der Waals surface area contributed by atoms with Crippen LogP contribution in [0.4, 0.5) is 4.39 Å². The fourth-order valence-electron chi connectivity index (χ4n) is 1.49. The molecule has 0 fully saturated rings. The minimum Gasteiger partial charge on any atom is -0.448 e. The lowest BCUT2D eigenvalue weighted by Crippen LogP contribution is -2.02. The molecule has 0 saturated heterocycles. The summed E-state index contributed by atoms with van der Waals surface area (Å²) in [6.45, 7) is 2.22. The maximum Gasteiger partial charge on any atom is 0.195 e. The van der Waals surface area contributed by atoms with E-state index < -0.39 is 0 Å². The van der Waals surface area contributed by atoms with Gasteiger partial charge in [-0.05, 0) is 30.7 Å². The molecule has 16 heavy (non-hydrogen) atoms. The first-order chi connectivity index (χ1) is 7.70. The summed E-state index contributed by atoms with van der Waals surface area (Å²) in [6.07, 6.45) is 2.18. The molecule has 0 unspecified atom stereocenters. The molecule has 0 saturated carbocycles. The number of aryl methyl sites for hydroxylation is 1. The molecule has 0 aliphatic heterocycles. The molecule has 1 aromatic heterocycles. The van der Waals surface area contributed by atoms with E-state index in [4.69, 9.17) is 10.2 Å². The Kier molecular flexibility index (Phi) is 3.01. The van der Waals surface area contributed by atoms with Crippen molar-refractivity contribution >= 4 is 0 Å². The third-order valence-electron chi connectivity index (χ3n) is 2.36. The predicted molar refractivity (Wildman–Crippen MR) is 59.4 cm³/mol. The van der Waals surface area contributed by atoms with Gasteiger partial charge in [0.05, 0.1) is 0 Å². The molecule has 0 aliphatic carbocycles. The normalized spacial score (nSPS) is 10.7. The molecule has 2 rings (SSSR count). The van der Waals surface area contributed by atoms with Gasteiger partial charge >= 0.3 is 0 Å². The minimum absolute atomic E-state index is 0.213. The van der Waals surface area contributed by atoms with Crippen LogP contribution in [-0.4, -0.2) is 11.5 Å². The SMILES string of the molecule is Cc1cc(-c2coc(CCN)n2)ccc1F. The average molecular weight is 220 g/mol. The van der Waals surface area contributed by atoms with Gasteiger partial charge in [0, 0.05) is 18.5 Å². The van der Waals surface area contributed by atoms with Crippen LogP contribution in [0.1, 0.15) is 11.5 Å². The van der Waals surface area contributed by atoms with Crippen molar-refractivity contribution in [3.8, 4) is 11.3 Å². The first-order valence-corrected chi connectivity index (χ1v) is 5.11. The highest BCUT2D eigenvalue weighted by atomic mass is 19.1. The summed E-state index contributed by atoms with van der Waals surface area (Å²) in [5, 5.41) is 0. The van der Waals surface area contributed by atoms with E-state index in [1.807, 2.05) is 0 Å². The summed E-state index contributed by atoms with van der Waals surface area (Å²) in [5.41, 5.74) is 7.57. The van der Waals surface area contributed by atoms with Crippen LogP contribution in [0, 0.1) is 12.7 Å². The van der Waals surface area contributed by atoms with E-state index in [-0.39, 0.29) is 5.82 Å². The third kappa shape index (κ3) is 2.12. The number of nitrogens with two attached hydrogens (primary N) is 1. The van der Waals surface area contributed by atoms with E-state index in [0.29, 0.717) is 30.1 Å². The topological polar surface area (TPSA) is 52.0 Å². The van der Waals surface area contributed by atoms with Crippen LogP contribution in [-0.2, 0) is 6.42 Å². The number of benzene rings is 1. The highest BCUT2D eigenvalue weighted by Crippen LogP contribution is 2.21. The van der Waals surface area contributed by atoms with Crippen molar-refractivity contribution in [1.82, 2.24) is 4.98 Å². The lowest BCUT2D eigenvalue weighted by atomic mass is 10.1. The molecule has 1 heterocycles. The zero-order chi connectivity index (χ0) is 11.5. The van der Waals surface area contributed by atoms with Crippen molar-refractivity contribution in [2.45, 2.75) is 13.3 Å². The van der Waals surface area contributed by atoms with Crippen molar-refractivity contribution in [1.29, 1.82) is 0 Å². The van der Waals surface area contributed by atoms with Crippen LogP contribution < -0.4 is 5.73 Å². The van der Waals surface area contributed by atoms with E-state index in [0.717, 1.165) is 5.56 Å². The number of aromatic nitrogens is 1. The van der Waals surface area contributed by atoms with Gasteiger partial charge in [-0.2, -0.15) is 0 Å².